The molecule has 3 aromatic heterocycles. The van der Waals surface area contributed by atoms with E-state index in [1.54, 1.807) is 24.5 Å². The second-order valence-electron chi connectivity index (χ2n) is 5.40. The smallest absolute Gasteiger partial charge is 0.123 e. The van der Waals surface area contributed by atoms with Crippen LogP contribution in [-0.4, -0.2) is 19.8 Å². The lowest BCUT2D eigenvalue weighted by atomic mass is 10.0. The lowest BCUT2D eigenvalue weighted by molar-refractivity contribution is 0.628. The zero-order valence-corrected chi connectivity index (χ0v) is 12.4. The fraction of sp³-hybridized carbons (Fsp3) is 0.0556. The second-order valence-corrected chi connectivity index (χ2v) is 5.40. The summed E-state index contributed by atoms with van der Waals surface area (Å²) >= 11 is 0. The number of hydrogen-bond donors (Lipinski definition) is 0. The van der Waals surface area contributed by atoms with E-state index < -0.39 is 0 Å². The molecule has 0 unspecified atom stereocenters. The van der Waals surface area contributed by atoms with E-state index in [0.717, 1.165) is 33.5 Å². The molecule has 0 amide bonds. The maximum Gasteiger partial charge on any atom is 0.123 e. The largest absolute Gasteiger partial charge is 0.239 e. The number of benzene rings is 1. The van der Waals surface area contributed by atoms with Crippen LogP contribution in [0.2, 0.25) is 0 Å². The number of halogens is 1. The molecule has 0 bridgehead atoms. The van der Waals surface area contributed by atoms with Gasteiger partial charge in [-0.1, -0.05) is 6.07 Å². The molecule has 4 rings (SSSR count). The van der Waals surface area contributed by atoms with Crippen molar-refractivity contribution in [2.45, 2.75) is 6.92 Å². The normalized spacial score (nSPS) is 11.0. The predicted molar refractivity (Wildman–Crippen MR) is 86.3 cm³/mol. The number of nitrogens with zero attached hydrogens (tertiary/aromatic N) is 4. The topological polar surface area (TPSA) is 43.1 Å². The average molecular weight is 304 g/mol. The molecule has 0 aliphatic rings. The molecule has 3 heterocycles. The Morgan fingerprint density at radius 2 is 1.74 bits per heavy atom. The summed E-state index contributed by atoms with van der Waals surface area (Å²) in [5.74, 6) is -0.263. The zero-order chi connectivity index (χ0) is 15.8. The van der Waals surface area contributed by atoms with E-state index in [4.69, 9.17) is 5.10 Å². The van der Waals surface area contributed by atoms with E-state index in [1.807, 2.05) is 35.8 Å². The van der Waals surface area contributed by atoms with Crippen molar-refractivity contribution >= 4 is 5.52 Å². The van der Waals surface area contributed by atoms with E-state index in [0.29, 0.717) is 0 Å². The van der Waals surface area contributed by atoms with Gasteiger partial charge in [0.2, 0.25) is 0 Å². The van der Waals surface area contributed by atoms with Crippen molar-refractivity contribution in [2.75, 3.05) is 0 Å². The molecular formula is C18H13FN4. The first-order valence-corrected chi connectivity index (χ1v) is 7.24. The van der Waals surface area contributed by atoms with Crippen LogP contribution in [0, 0.1) is 12.7 Å². The number of fused-ring (bicyclic) bond motifs is 1. The van der Waals surface area contributed by atoms with Gasteiger partial charge in [-0.15, -0.1) is 0 Å². The van der Waals surface area contributed by atoms with E-state index >= 15 is 0 Å². The number of aryl methyl sites for hydroxylation is 1. The molecule has 5 heteroatoms. The monoisotopic (exact) mass is 304 g/mol. The van der Waals surface area contributed by atoms with Gasteiger partial charge in [0.25, 0.3) is 0 Å². The Bertz CT molecular complexity index is 975. The molecule has 0 fully saturated rings. The minimum Gasteiger partial charge on any atom is -0.239 e. The van der Waals surface area contributed by atoms with Crippen LogP contribution in [0.15, 0.2) is 61.1 Å². The first kappa shape index (κ1) is 13.6. The van der Waals surface area contributed by atoms with Crippen molar-refractivity contribution in [3.8, 4) is 22.4 Å². The summed E-state index contributed by atoms with van der Waals surface area (Å²) in [5, 5.41) is 12.5. The summed E-state index contributed by atoms with van der Waals surface area (Å²) in [5.41, 5.74) is 5.64. The van der Waals surface area contributed by atoms with Crippen LogP contribution in [0.25, 0.3) is 27.9 Å². The molecule has 112 valence electrons. The summed E-state index contributed by atoms with van der Waals surface area (Å²) in [4.78, 5) is 0. The Labute approximate surface area is 132 Å². The summed E-state index contributed by atoms with van der Waals surface area (Å²) in [6.07, 6.45) is 5.34. The third kappa shape index (κ3) is 2.36. The summed E-state index contributed by atoms with van der Waals surface area (Å²) in [6, 6.07) is 12.3. The van der Waals surface area contributed by atoms with E-state index in [2.05, 4.69) is 10.2 Å². The van der Waals surface area contributed by atoms with Crippen molar-refractivity contribution in [1.82, 2.24) is 19.8 Å². The Morgan fingerprint density at radius 3 is 2.48 bits per heavy atom. The molecule has 0 saturated carbocycles. The predicted octanol–water partition coefficient (Wildman–Crippen LogP) is 3.91. The van der Waals surface area contributed by atoms with Gasteiger partial charge in [-0.3, -0.25) is 0 Å². The molecule has 23 heavy (non-hydrogen) atoms. The van der Waals surface area contributed by atoms with Crippen LogP contribution in [0.3, 0.4) is 0 Å². The highest BCUT2D eigenvalue weighted by molar-refractivity contribution is 5.91. The maximum absolute atomic E-state index is 13.2. The van der Waals surface area contributed by atoms with Crippen molar-refractivity contribution in [3.63, 3.8) is 0 Å². The molecular weight excluding hydrogens is 291 g/mol. The van der Waals surface area contributed by atoms with Gasteiger partial charge < -0.3 is 0 Å². The van der Waals surface area contributed by atoms with Crippen LogP contribution < -0.4 is 0 Å². The Kier molecular flexibility index (Phi) is 3.12. The molecule has 0 saturated heterocycles. The Hall–Kier alpha value is -3.08. The Morgan fingerprint density at radius 1 is 0.913 bits per heavy atom. The molecule has 0 aliphatic carbocycles. The number of aromatic nitrogens is 4. The van der Waals surface area contributed by atoms with Crippen molar-refractivity contribution in [2.24, 2.45) is 0 Å². The summed E-state index contributed by atoms with van der Waals surface area (Å²) in [6.45, 7) is 2.02. The first-order chi connectivity index (χ1) is 11.2. The molecule has 1 aromatic carbocycles. The SMILES string of the molecule is Cc1ccc2c(-c3ccnnc3)c(-c3ccc(F)cc3)nn2c1. The molecule has 0 radical (unpaired) electrons. The number of rotatable bonds is 2. The van der Waals surface area contributed by atoms with Crippen LogP contribution in [0.1, 0.15) is 5.56 Å². The molecule has 4 aromatic rings. The van der Waals surface area contributed by atoms with Crippen molar-refractivity contribution in [3.05, 3.63) is 72.4 Å². The zero-order valence-electron chi connectivity index (χ0n) is 12.4. The lowest BCUT2D eigenvalue weighted by Gasteiger charge is -2.03. The fourth-order valence-electron chi connectivity index (χ4n) is 2.68. The number of hydrogen-bond acceptors (Lipinski definition) is 3. The maximum atomic E-state index is 13.2. The highest BCUT2D eigenvalue weighted by Crippen LogP contribution is 2.34. The molecule has 0 spiro atoms. The summed E-state index contributed by atoms with van der Waals surface area (Å²) in [7, 11) is 0. The molecule has 0 aliphatic heterocycles. The second kappa shape index (κ2) is 5.28. The third-order valence-electron chi connectivity index (χ3n) is 3.77. The van der Waals surface area contributed by atoms with Gasteiger partial charge in [-0.25, -0.2) is 8.91 Å². The van der Waals surface area contributed by atoms with Crippen LogP contribution in [0.5, 0.6) is 0 Å². The van der Waals surface area contributed by atoms with Crippen molar-refractivity contribution in [1.29, 1.82) is 0 Å². The minimum absolute atomic E-state index is 0.263. The number of pyridine rings is 1. The van der Waals surface area contributed by atoms with E-state index in [9.17, 15) is 4.39 Å². The fourth-order valence-corrected chi connectivity index (χ4v) is 2.68. The summed E-state index contributed by atoms with van der Waals surface area (Å²) < 4.78 is 15.1. The highest BCUT2D eigenvalue weighted by atomic mass is 19.1. The van der Waals surface area contributed by atoms with E-state index in [1.165, 1.54) is 12.1 Å². The van der Waals surface area contributed by atoms with Gasteiger partial charge in [0.05, 0.1) is 17.9 Å². The van der Waals surface area contributed by atoms with Crippen LogP contribution in [0.4, 0.5) is 4.39 Å². The quantitative estimate of drug-likeness (QED) is 0.564. The van der Waals surface area contributed by atoms with Crippen LogP contribution in [-0.2, 0) is 0 Å². The van der Waals surface area contributed by atoms with Gasteiger partial charge in [-0.05, 0) is 48.9 Å². The average Bonchev–Trinajstić information content (AvgIpc) is 2.94. The van der Waals surface area contributed by atoms with Crippen LogP contribution >= 0.6 is 0 Å². The molecule has 0 N–H and O–H groups in total. The van der Waals surface area contributed by atoms with Gasteiger partial charge >= 0.3 is 0 Å². The van der Waals surface area contributed by atoms with Gasteiger partial charge in [0.1, 0.15) is 11.5 Å². The molecule has 0 atom stereocenters. The lowest BCUT2D eigenvalue weighted by Crippen LogP contribution is -1.87. The van der Waals surface area contributed by atoms with Gasteiger partial charge in [0, 0.05) is 22.9 Å². The van der Waals surface area contributed by atoms with Crippen molar-refractivity contribution < 1.29 is 4.39 Å². The van der Waals surface area contributed by atoms with Gasteiger partial charge in [-0.2, -0.15) is 15.3 Å². The molecule has 4 nitrogen and oxygen atoms in total. The standard InChI is InChI=1S/C18H13FN4/c1-12-2-7-16-17(14-8-9-20-21-10-14)18(22-23(16)11-12)13-3-5-15(19)6-4-13/h2-11H,1H3. The highest BCUT2D eigenvalue weighted by Gasteiger charge is 2.16. The first-order valence-electron chi connectivity index (χ1n) is 7.24. The minimum atomic E-state index is -0.263. The van der Waals surface area contributed by atoms with E-state index in [-0.39, 0.29) is 5.82 Å². The van der Waals surface area contributed by atoms with Gasteiger partial charge in [0.15, 0.2) is 0 Å². The third-order valence-corrected chi connectivity index (χ3v) is 3.77. The Balaban J connectivity index is 2.04.